The summed E-state index contributed by atoms with van der Waals surface area (Å²) in [6, 6.07) is 11.8. The Morgan fingerprint density at radius 1 is 0.567 bits per heavy atom. The quantitative estimate of drug-likeness (QED) is 0.258. The van der Waals surface area contributed by atoms with Crippen molar-refractivity contribution >= 4 is 5.78 Å². The van der Waals surface area contributed by atoms with Gasteiger partial charge in [0.1, 0.15) is 11.5 Å². The fourth-order valence-electron chi connectivity index (χ4n) is 4.01. The molecule has 0 radical (unpaired) electrons. The highest BCUT2D eigenvalue weighted by molar-refractivity contribution is 6.22. The normalized spacial score (nSPS) is 12.0. The first-order chi connectivity index (χ1) is 14.7. The number of rotatable bonds is 14. The van der Waals surface area contributed by atoms with Gasteiger partial charge in [0, 0.05) is 11.1 Å². The molecule has 0 fully saturated rings. The fourth-order valence-corrected chi connectivity index (χ4v) is 4.01. The molecule has 3 nitrogen and oxygen atoms in total. The smallest absolute Gasteiger partial charge is 0.194 e. The Kier molecular flexibility index (Phi) is 8.80. The van der Waals surface area contributed by atoms with Gasteiger partial charge in [-0.1, -0.05) is 65.2 Å². The summed E-state index contributed by atoms with van der Waals surface area (Å²) in [6.07, 6.45) is 12.1. The van der Waals surface area contributed by atoms with Crippen LogP contribution in [0.2, 0.25) is 0 Å². The summed E-state index contributed by atoms with van der Waals surface area (Å²) >= 11 is 0. The Bertz CT molecular complexity index is 757. The molecule has 0 heterocycles. The number of hydrogen-bond acceptors (Lipinski definition) is 3. The van der Waals surface area contributed by atoms with Gasteiger partial charge in [0.25, 0.3) is 0 Å². The lowest BCUT2D eigenvalue weighted by molar-refractivity contribution is 0.104. The summed E-state index contributed by atoms with van der Waals surface area (Å²) in [5, 5.41) is 0. The highest BCUT2D eigenvalue weighted by Gasteiger charge is 2.27. The molecule has 0 aromatic heterocycles. The molecule has 1 aliphatic carbocycles. The molecule has 162 valence electrons. The summed E-state index contributed by atoms with van der Waals surface area (Å²) < 4.78 is 11.8. The molecule has 0 aliphatic heterocycles. The standard InChI is InChI=1S/C27H36O3/c1-3-5-7-9-11-17-29-21-13-15-23-24-16-14-22(30-18-12-10-8-6-4-2)20-26(24)27(28)25(23)19-21/h13-16,19-20H,3-12,17-18H2,1-2H3. The Morgan fingerprint density at radius 3 is 1.43 bits per heavy atom. The molecule has 0 spiro atoms. The molecule has 0 unspecified atom stereocenters. The first-order valence-electron chi connectivity index (χ1n) is 11.8. The molecular formula is C27H36O3. The predicted molar refractivity (Wildman–Crippen MR) is 124 cm³/mol. The van der Waals surface area contributed by atoms with E-state index in [9.17, 15) is 4.79 Å². The highest BCUT2D eigenvalue weighted by Crippen LogP contribution is 2.39. The second-order valence-corrected chi connectivity index (χ2v) is 8.27. The van der Waals surface area contributed by atoms with Crippen molar-refractivity contribution in [3.05, 3.63) is 47.5 Å². The third-order valence-electron chi connectivity index (χ3n) is 5.79. The van der Waals surface area contributed by atoms with Crippen molar-refractivity contribution in [1.82, 2.24) is 0 Å². The maximum atomic E-state index is 13.0. The number of unbranched alkanes of at least 4 members (excludes halogenated alkanes) is 8. The topological polar surface area (TPSA) is 35.5 Å². The van der Waals surface area contributed by atoms with Gasteiger partial charge < -0.3 is 9.47 Å². The van der Waals surface area contributed by atoms with Crippen molar-refractivity contribution in [2.24, 2.45) is 0 Å². The van der Waals surface area contributed by atoms with Crippen molar-refractivity contribution in [1.29, 1.82) is 0 Å². The average molecular weight is 409 g/mol. The van der Waals surface area contributed by atoms with E-state index in [2.05, 4.69) is 13.8 Å². The van der Waals surface area contributed by atoms with E-state index in [1.54, 1.807) is 0 Å². The van der Waals surface area contributed by atoms with E-state index in [1.165, 1.54) is 51.4 Å². The van der Waals surface area contributed by atoms with Crippen molar-refractivity contribution in [2.45, 2.75) is 78.1 Å². The van der Waals surface area contributed by atoms with Gasteiger partial charge in [-0.05, 0) is 60.4 Å². The molecule has 0 N–H and O–H groups in total. The summed E-state index contributed by atoms with van der Waals surface area (Å²) in [4.78, 5) is 13.0. The molecular weight excluding hydrogens is 372 g/mol. The molecule has 0 saturated carbocycles. The van der Waals surface area contributed by atoms with Gasteiger partial charge in [-0.2, -0.15) is 0 Å². The van der Waals surface area contributed by atoms with Crippen LogP contribution in [0.4, 0.5) is 0 Å². The van der Waals surface area contributed by atoms with E-state index in [4.69, 9.17) is 9.47 Å². The lowest BCUT2D eigenvalue weighted by Gasteiger charge is -2.08. The summed E-state index contributed by atoms with van der Waals surface area (Å²) in [7, 11) is 0. The largest absolute Gasteiger partial charge is 0.494 e. The van der Waals surface area contributed by atoms with Gasteiger partial charge in [-0.25, -0.2) is 0 Å². The summed E-state index contributed by atoms with van der Waals surface area (Å²) in [5.41, 5.74) is 3.48. The number of benzene rings is 2. The molecule has 0 atom stereocenters. The van der Waals surface area contributed by atoms with Crippen LogP contribution in [0.1, 0.15) is 94.0 Å². The van der Waals surface area contributed by atoms with Crippen molar-refractivity contribution < 1.29 is 14.3 Å². The number of carbonyl (C=O) groups excluding carboxylic acids is 1. The van der Waals surface area contributed by atoms with Crippen molar-refractivity contribution in [2.75, 3.05) is 13.2 Å². The summed E-state index contributed by atoms with van der Waals surface area (Å²) in [6.45, 7) is 5.86. The van der Waals surface area contributed by atoms with Crippen LogP contribution in [0.15, 0.2) is 36.4 Å². The number of hydrogen-bond donors (Lipinski definition) is 0. The minimum atomic E-state index is 0.0711. The first-order valence-corrected chi connectivity index (χ1v) is 11.8. The number of fused-ring (bicyclic) bond motifs is 3. The predicted octanol–water partition coefficient (Wildman–Crippen LogP) is 7.60. The van der Waals surface area contributed by atoms with Crippen LogP contribution in [-0.2, 0) is 0 Å². The van der Waals surface area contributed by atoms with Crippen LogP contribution in [-0.4, -0.2) is 19.0 Å². The highest BCUT2D eigenvalue weighted by atomic mass is 16.5. The minimum absolute atomic E-state index is 0.0711. The van der Waals surface area contributed by atoms with Crippen LogP contribution in [0.5, 0.6) is 11.5 Å². The maximum absolute atomic E-state index is 13.0. The van der Waals surface area contributed by atoms with Gasteiger partial charge in [0.05, 0.1) is 13.2 Å². The Labute approximate surface area is 181 Å². The third-order valence-corrected chi connectivity index (χ3v) is 5.79. The third kappa shape index (κ3) is 5.87. The van der Waals surface area contributed by atoms with E-state index in [1.807, 2.05) is 36.4 Å². The van der Waals surface area contributed by atoms with E-state index in [0.29, 0.717) is 13.2 Å². The number of ether oxygens (including phenoxy) is 2. The molecule has 1 aliphatic rings. The van der Waals surface area contributed by atoms with Crippen LogP contribution in [0, 0.1) is 0 Å². The second kappa shape index (κ2) is 11.8. The van der Waals surface area contributed by atoms with Crippen LogP contribution >= 0.6 is 0 Å². The zero-order valence-corrected chi connectivity index (χ0v) is 18.7. The van der Waals surface area contributed by atoms with Crippen LogP contribution in [0.25, 0.3) is 11.1 Å². The van der Waals surface area contributed by atoms with Crippen LogP contribution in [0.3, 0.4) is 0 Å². The van der Waals surface area contributed by atoms with E-state index in [0.717, 1.165) is 46.6 Å². The molecule has 3 heteroatoms. The molecule has 0 saturated heterocycles. The monoisotopic (exact) mass is 408 g/mol. The fraction of sp³-hybridized carbons (Fsp3) is 0.519. The lowest BCUT2D eigenvalue weighted by atomic mass is 10.1. The SMILES string of the molecule is CCCCCCCOc1ccc2c(c1)C(=O)c1cc(OCCCCCCC)ccc1-2. The molecule has 0 bridgehead atoms. The average Bonchev–Trinajstić information content (AvgIpc) is 3.04. The first kappa shape index (κ1) is 22.4. The lowest BCUT2D eigenvalue weighted by Crippen LogP contribution is -2.01. The van der Waals surface area contributed by atoms with Crippen molar-refractivity contribution in [3.63, 3.8) is 0 Å². The second-order valence-electron chi connectivity index (χ2n) is 8.27. The number of carbonyl (C=O) groups is 1. The van der Waals surface area contributed by atoms with Gasteiger partial charge in [0.2, 0.25) is 0 Å². The van der Waals surface area contributed by atoms with E-state index >= 15 is 0 Å². The van der Waals surface area contributed by atoms with E-state index in [-0.39, 0.29) is 5.78 Å². The van der Waals surface area contributed by atoms with Crippen LogP contribution < -0.4 is 9.47 Å². The van der Waals surface area contributed by atoms with Gasteiger partial charge in [0.15, 0.2) is 5.78 Å². The Morgan fingerprint density at radius 2 is 1.00 bits per heavy atom. The number of ketones is 1. The van der Waals surface area contributed by atoms with Gasteiger partial charge in [-0.3, -0.25) is 4.79 Å². The van der Waals surface area contributed by atoms with Gasteiger partial charge in [-0.15, -0.1) is 0 Å². The molecule has 0 amide bonds. The molecule has 2 aromatic rings. The minimum Gasteiger partial charge on any atom is -0.494 e. The Hall–Kier alpha value is -2.29. The summed E-state index contributed by atoms with van der Waals surface area (Å²) in [5.74, 6) is 1.64. The zero-order valence-electron chi connectivity index (χ0n) is 18.7. The van der Waals surface area contributed by atoms with Crippen molar-refractivity contribution in [3.8, 4) is 22.6 Å². The zero-order chi connectivity index (χ0) is 21.2. The molecule has 2 aromatic carbocycles. The Balaban J connectivity index is 1.55. The van der Waals surface area contributed by atoms with Gasteiger partial charge >= 0.3 is 0 Å². The molecule has 30 heavy (non-hydrogen) atoms. The maximum Gasteiger partial charge on any atom is 0.194 e. The van der Waals surface area contributed by atoms with E-state index < -0.39 is 0 Å². The molecule has 3 rings (SSSR count).